The number of benzene rings is 1. The summed E-state index contributed by atoms with van der Waals surface area (Å²) in [6.07, 6.45) is 9.40. The molecule has 0 fully saturated rings. The van der Waals surface area contributed by atoms with E-state index in [2.05, 4.69) is 47.8 Å². The monoisotopic (exact) mass is 201 g/mol. The van der Waals surface area contributed by atoms with Crippen LogP contribution in [-0.4, -0.2) is 12.6 Å². The zero-order valence-corrected chi connectivity index (χ0v) is 9.15. The van der Waals surface area contributed by atoms with E-state index in [0.29, 0.717) is 6.04 Å². The first kappa shape index (κ1) is 10.4. The van der Waals surface area contributed by atoms with Crippen molar-refractivity contribution in [2.24, 2.45) is 0 Å². The number of nitrogens with one attached hydrogen (secondary N) is 1. The zero-order chi connectivity index (χ0) is 10.3. The van der Waals surface area contributed by atoms with E-state index < -0.39 is 0 Å². The highest BCUT2D eigenvalue weighted by molar-refractivity contribution is 5.14. The van der Waals surface area contributed by atoms with Crippen LogP contribution in [0.4, 0.5) is 0 Å². The van der Waals surface area contributed by atoms with E-state index in [1.165, 1.54) is 31.2 Å². The summed E-state index contributed by atoms with van der Waals surface area (Å²) in [6.45, 7) is 1.14. The summed E-state index contributed by atoms with van der Waals surface area (Å²) in [4.78, 5) is 0. The Bertz CT molecular complexity index is 294. The predicted octanol–water partition coefficient (Wildman–Crippen LogP) is 2.93. The minimum Gasteiger partial charge on any atom is -0.313 e. The summed E-state index contributed by atoms with van der Waals surface area (Å²) in [5, 5.41) is 3.59. The molecule has 15 heavy (non-hydrogen) atoms. The van der Waals surface area contributed by atoms with E-state index in [0.717, 1.165) is 6.54 Å². The Morgan fingerprint density at radius 2 is 1.80 bits per heavy atom. The Balaban J connectivity index is 1.59. The van der Waals surface area contributed by atoms with Crippen molar-refractivity contribution in [3.05, 3.63) is 48.0 Å². The lowest BCUT2D eigenvalue weighted by Crippen LogP contribution is -2.27. The Morgan fingerprint density at radius 1 is 1.07 bits per heavy atom. The van der Waals surface area contributed by atoms with Crippen molar-refractivity contribution in [2.75, 3.05) is 6.54 Å². The second kappa shape index (κ2) is 5.72. The fourth-order valence-electron chi connectivity index (χ4n) is 2.03. The van der Waals surface area contributed by atoms with E-state index in [9.17, 15) is 0 Å². The van der Waals surface area contributed by atoms with Gasteiger partial charge in [0.2, 0.25) is 0 Å². The molecule has 0 spiro atoms. The molecule has 1 N–H and O–H groups in total. The van der Waals surface area contributed by atoms with Crippen LogP contribution in [0.25, 0.3) is 0 Å². The van der Waals surface area contributed by atoms with E-state index in [-0.39, 0.29) is 0 Å². The lowest BCUT2D eigenvalue weighted by atomic mass is 10.1. The average Bonchev–Trinajstić information content (AvgIpc) is 2.79. The summed E-state index contributed by atoms with van der Waals surface area (Å²) in [5.41, 5.74) is 1.45. The van der Waals surface area contributed by atoms with Crippen molar-refractivity contribution in [2.45, 2.75) is 31.7 Å². The van der Waals surface area contributed by atoms with Gasteiger partial charge >= 0.3 is 0 Å². The maximum absolute atomic E-state index is 3.59. The van der Waals surface area contributed by atoms with Gasteiger partial charge in [0.05, 0.1) is 0 Å². The van der Waals surface area contributed by atoms with Gasteiger partial charge in [0.15, 0.2) is 0 Å². The van der Waals surface area contributed by atoms with E-state index >= 15 is 0 Å². The minimum absolute atomic E-state index is 0.709. The van der Waals surface area contributed by atoms with Gasteiger partial charge < -0.3 is 5.32 Å². The molecule has 1 aromatic rings. The van der Waals surface area contributed by atoms with Gasteiger partial charge in [-0.05, 0) is 37.8 Å². The van der Waals surface area contributed by atoms with Crippen LogP contribution >= 0.6 is 0 Å². The third kappa shape index (κ3) is 3.52. The Kier molecular flexibility index (Phi) is 3.98. The molecule has 0 saturated carbocycles. The van der Waals surface area contributed by atoms with E-state index in [1.54, 1.807) is 0 Å². The molecule has 0 bridgehead atoms. The molecule has 1 aliphatic rings. The van der Waals surface area contributed by atoms with Gasteiger partial charge in [0.25, 0.3) is 0 Å². The molecule has 0 amide bonds. The topological polar surface area (TPSA) is 12.0 Å². The van der Waals surface area contributed by atoms with Crippen LogP contribution in [0.15, 0.2) is 42.5 Å². The maximum atomic E-state index is 3.59. The third-order valence-corrected chi connectivity index (χ3v) is 2.93. The summed E-state index contributed by atoms with van der Waals surface area (Å²) in [7, 11) is 0. The van der Waals surface area contributed by atoms with Crippen LogP contribution in [0.1, 0.15) is 24.8 Å². The van der Waals surface area contributed by atoms with E-state index in [1.807, 2.05) is 0 Å². The molecule has 1 aliphatic carbocycles. The van der Waals surface area contributed by atoms with E-state index in [4.69, 9.17) is 0 Å². The first-order valence-electron chi connectivity index (χ1n) is 5.87. The van der Waals surface area contributed by atoms with Crippen molar-refractivity contribution in [3.63, 3.8) is 0 Å². The fourth-order valence-corrected chi connectivity index (χ4v) is 2.03. The summed E-state index contributed by atoms with van der Waals surface area (Å²) >= 11 is 0. The molecule has 1 heteroatoms. The average molecular weight is 201 g/mol. The van der Waals surface area contributed by atoms with Crippen molar-refractivity contribution < 1.29 is 0 Å². The minimum atomic E-state index is 0.709. The fraction of sp³-hybridized carbons (Fsp3) is 0.429. The Morgan fingerprint density at radius 3 is 2.53 bits per heavy atom. The highest BCUT2D eigenvalue weighted by Gasteiger charge is 2.07. The molecule has 80 valence electrons. The smallest absolute Gasteiger partial charge is 0.0136 e. The van der Waals surface area contributed by atoms with Crippen LogP contribution in [-0.2, 0) is 6.42 Å². The predicted molar refractivity (Wildman–Crippen MR) is 64.9 cm³/mol. The SMILES string of the molecule is C1=CCC(NCCCc2ccccc2)C1. The molecular formula is C14H19N. The summed E-state index contributed by atoms with van der Waals surface area (Å²) in [5.74, 6) is 0. The standard InChI is InChI=1S/C14H19N/c1-2-7-13(8-3-1)9-6-12-15-14-10-4-5-11-14/h1-5,7-8,14-15H,6,9-12H2. The van der Waals surface area contributed by atoms with Crippen LogP contribution < -0.4 is 5.32 Å². The van der Waals surface area contributed by atoms with Crippen molar-refractivity contribution in [1.29, 1.82) is 0 Å². The Hall–Kier alpha value is -1.08. The molecular weight excluding hydrogens is 182 g/mol. The van der Waals surface area contributed by atoms with Gasteiger partial charge in [-0.25, -0.2) is 0 Å². The molecule has 0 saturated heterocycles. The van der Waals surface area contributed by atoms with Crippen molar-refractivity contribution >= 4 is 0 Å². The van der Waals surface area contributed by atoms with Crippen LogP contribution in [0, 0.1) is 0 Å². The second-order valence-electron chi connectivity index (χ2n) is 4.18. The molecule has 0 heterocycles. The summed E-state index contributed by atoms with van der Waals surface area (Å²) < 4.78 is 0. The van der Waals surface area contributed by atoms with Crippen LogP contribution in [0.5, 0.6) is 0 Å². The molecule has 0 radical (unpaired) electrons. The second-order valence-corrected chi connectivity index (χ2v) is 4.18. The first-order chi connectivity index (χ1) is 7.45. The largest absolute Gasteiger partial charge is 0.313 e. The number of aryl methyl sites for hydroxylation is 1. The Labute approximate surface area is 92.2 Å². The van der Waals surface area contributed by atoms with Crippen LogP contribution in [0.3, 0.4) is 0 Å². The molecule has 2 rings (SSSR count). The molecule has 1 nitrogen and oxygen atoms in total. The first-order valence-corrected chi connectivity index (χ1v) is 5.87. The molecule has 0 aromatic heterocycles. The lowest BCUT2D eigenvalue weighted by molar-refractivity contribution is 0.528. The van der Waals surface area contributed by atoms with Gasteiger partial charge in [0, 0.05) is 6.04 Å². The zero-order valence-electron chi connectivity index (χ0n) is 9.15. The molecule has 0 unspecified atom stereocenters. The molecule has 1 aromatic carbocycles. The van der Waals surface area contributed by atoms with Crippen molar-refractivity contribution in [3.8, 4) is 0 Å². The number of hydrogen-bond acceptors (Lipinski definition) is 1. The van der Waals surface area contributed by atoms with Gasteiger partial charge in [0.1, 0.15) is 0 Å². The third-order valence-electron chi connectivity index (χ3n) is 2.93. The highest BCUT2D eigenvalue weighted by atomic mass is 14.9. The normalized spacial score (nSPS) is 16.0. The lowest BCUT2D eigenvalue weighted by Gasteiger charge is -2.11. The van der Waals surface area contributed by atoms with Gasteiger partial charge in [-0.15, -0.1) is 0 Å². The van der Waals surface area contributed by atoms with Crippen LogP contribution in [0.2, 0.25) is 0 Å². The van der Waals surface area contributed by atoms with Gasteiger partial charge in [-0.3, -0.25) is 0 Å². The summed E-state index contributed by atoms with van der Waals surface area (Å²) in [6, 6.07) is 11.4. The van der Waals surface area contributed by atoms with Crippen molar-refractivity contribution in [1.82, 2.24) is 5.32 Å². The van der Waals surface area contributed by atoms with Gasteiger partial charge in [-0.1, -0.05) is 42.5 Å². The van der Waals surface area contributed by atoms with Gasteiger partial charge in [-0.2, -0.15) is 0 Å². The molecule has 0 aliphatic heterocycles. The number of hydrogen-bond donors (Lipinski definition) is 1. The number of rotatable bonds is 5. The highest BCUT2D eigenvalue weighted by Crippen LogP contribution is 2.09. The maximum Gasteiger partial charge on any atom is 0.0136 e. The molecule has 0 atom stereocenters. The quantitative estimate of drug-likeness (QED) is 0.570.